The molecule has 24 heavy (non-hydrogen) atoms. The van der Waals surface area contributed by atoms with Crippen molar-refractivity contribution in [2.75, 3.05) is 19.7 Å². The van der Waals surface area contributed by atoms with Crippen LogP contribution in [-0.4, -0.2) is 30.5 Å². The molecule has 0 aromatic heterocycles. The third-order valence-electron chi connectivity index (χ3n) is 4.18. The summed E-state index contributed by atoms with van der Waals surface area (Å²) in [7, 11) is 0. The van der Waals surface area contributed by atoms with Crippen LogP contribution >= 0.6 is 11.6 Å². The Kier molecular flexibility index (Phi) is 5.34. The van der Waals surface area contributed by atoms with Gasteiger partial charge in [-0.25, -0.2) is 0 Å². The largest absolute Gasteiger partial charge is 0.370 e. The quantitative estimate of drug-likeness (QED) is 0.777. The van der Waals surface area contributed by atoms with E-state index in [1.807, 2.05) is 59.5 Å². The lowest BCUT2D eigenvalue weighted by Crippen LogP contribution is -2.42. The molecule has 3 nitrogen and oxygen atoms in total. The van der Waals surface area contributed by atoms with Crippen molar-refractivity contribution in [1.82, 2.24) is 4.90 Å². The number of morpholine rings is 1. The normalized spacial score (nSPS) is 17.5. The monoisotopic (exact) mass is 341 g/mol. The Labute approximate surface area is 147 Å². The van der Waals surface area contributed by atoms with Gasteiger partial charge in [-0.05, 0) is 41.8 Å². The van der Waals surface area contributed by atoms with Gasteiger partial charge in [-0.1, -0.05) is 41.9 Å². The van der Waals surface area contributed by atoms with Crippen molar-refractivity contribution in [3.8, 4) is 0 Å². The number of nitrogens with zero attached hydrogens (tertiary/aromatic N) is 1. The number of halogens is 1. The van der Waals surface area contributed by atoms with E-state index in [1.165, 1.54) is 0 Å². The first-order valence-corrected chi connectivity index (χ1v) is 8.41. The summed E-state index contributed by atoms with van der Waals surface area (Å²) in [6.45, 7) is 5.43. The average molecular weight is 342 g/mol. The minimum absolute atomic E-state index is 0.0439. The second-order valence-electron chi connectivity index (χ2n) is 5.85. The summed E-state index contributed by atoms with van der Waals surface area (Å²) in [6.07, 6.45) is 2.56. The number of ether oxygens (including phenoxy) is 1. The number of hydrogen-bond donors (Lipinski definition) is 0. The molecule has 1 saturated heterocycles. The van der Waals surface area contributed by atoms with E-state index in [4.69, 9.17) is 16.3 Å². The van der Waals surface area contributed by atoms with Gasteiger partial charge in [-0.3, -0.25) is 4.79 Å². The van der Waals surface area contributed by atoms with E-state index in [2.05, 4.69) is 6.58 Å². The van der Waals surface area contributed by atoms with Gasteiger partial charge in [0.05, 0.1) is 13.2 Å². The third kappa shape index (κ3) is 3.86. The van der Waals surface area contributed by atoms with E-state index in [9.17, 15) is 4.79 Å². The molecule has 1 atom stereocenters. The van der Waals surface area contributed by atoms with Crippen LogP contribution in [0, 0.1) is 0 Å². The molecule has 1 unspecified atom stereocenters. The molecule has 1 aliphatic rings. The van der Waals surface area contributed by atoms with Crippen molar-refractivity contribution >= 4 is 17.5 Å². The third-order valence-corrected chi connectivity index (χ3v) is 4.43. The summed E-state index contributed by atoms with van der Waals surface area (Å²) < 4.78 is 5.82. The molecular weight excluding hydrogens is 322 g/mol. The number of rotatable bonds is 4. The minimum Gasteiger partial charge on any atom is -0.370 e. The van der Waals surface area contributed by atoms with Gasteiger partial charge in [-0.15, -0.1) is 6.58 Å². The molecule has 2 aromatic rings. The summed E-state index contributed by atoms with van der Waals surface area (Å²) in [5.74, 6) is 0.0439. The Bertz CT molecular complexity index is 709. The van der Waals surface area contributed by atoms with Gasteiger partial charge >= 0.3 is 0 Å². The SMILES string of the molecule is C=CCc1ccc(C(=O)N2CCOC(c3ccc(Cl)cc3)C2)cc1. The van der Waals surface area contributed by atoms with Gasteiger partial charge in [0.25, 0.3) is 5.91 Å². The first kappa shape index (κ1) is 16.7. The first-order chi connectivity index (χ1) is 11.7. The van der Waals surface area contributed by atoms with Crippen LogP contribution in [-0.2, 0) is 11.2 Å². The summed E-state index contributed by atoms with van der Waals surface area (Å²) >= 11 is 5.93. The fourth-order valence-corrected chi connectivity index (χ4v) is 2.97. The molecule has 0 spiro atoms. The second kappa shape index (κ2) is 7.65. The lowest BCUT2D eigenvalue weighted by Gasteiger charge is -2.33. The van der Waals surface area contributed by atoms with Crippen molar-refractivity contribution in [2.24, 2.45) is 0 Å². The number of carbonyl (C=O) groups excluding carboxylic acids is 1. The van der Waals surface area contributed by atoms with Crippen molar-refractivity contribution in [3.05, 3.63) is 82.9 Å². The summed E-state index contributed by atoms with van der Waals surface area (Å²) in [6, 6.07) is 15.3. The predicted octanol–water partition coefficient (Wildman–Crippen LogP) is 4.28. The highest BCUT2D eigenvalue weighted by atomic mass is 35.5. The van der Waals surface area contributed by atoms with Crippen molar-refractivity contribution in [3.63, 3.8) is 0 Å². The molecule has 0 aliphatic carbocycles. The number of amides is 1. The van der Waals surface area contributed by atoms with Crippen molar-refractivity contribution < 1.29 is 9.53 Å². The van der Waals surface area contributed by atoms with Gasteiger partial charge < -0.3 is 9.64 Å². The average Bonchev–Trinajstić information content (AvgIpc) is 2.63. The van der Waals surface area contributed by atoms with Gasteiger partial charge in [0.2, 0.25) is 0 Å². The standard InChI is InChI=1S/C20H20ClNO2/c1-2-3-15-4-6-17(7-5-15)20(23)22-12-13-24-19(14-22)16-8-10-18(21)11-9-16/h2,4-11,19H,1,3,12-14H2. The van der Waals surface area contributed by atoms with E-state index in [-0.39, 0.29) is 12.0 Å². The van der Waals surface area contributed by atoms with Gasteiger partial charge in [0.1, 0.15) is 6.10 Å². The summed E-state index contributed by atoms with van der Waals surface area (Å²) in [5, 5.41) is 0.696. The molecule has 0 N–H and O–H groups in total. The van der Waals surface area contributed by atoms with Crippen LogP contribution in [0.15, 0.2) is 61.2 Å². The van der Waals surface area contributed by atoms with E-state index in [0.717, 1.165) is 17.5 Å². The van der Waals surface area contributed by atoms with Crippen LogP contribution in [0.25, 0.3) is 0 Å². The topological polar surface area (TPSA) is 29.5 Å². The molecule has 1 aliphatic heterocycles. The molecule has 0 saturated carbocycles. The lowest BCUT2D eigenvalue weighted by atomic mass is 10.1. The Hall–Kier alpha value is -2.10. The number of benzene rings is 2. The highest BCUT2D eigenvalue weighted by molar-refractivity contribution is 6.30. The minimum atomic E-state index is -0.111. The molecule has 1 heterocycles. The Morgan fingerprint density at radius 1 is 1.21 bits per heavy atom. The highest BCUT2D eigenvalue weighted by Gasteiger charge is 2.26. The molecule has 1 fully saturated rings. The zero-order valence-electron chi connectivity index (χ0n) is 13.5. The maximum absolute atomic E-state index is 12.7. The van der Waals surface area contributed by atoms with Gasteiger partial charge in [0.15, 0.2) is 0 Å². The summed E-state index contributed by atoms with van der Waals surface area (Å²) in [4.78, 5) is 14.6. The fourth-order valence-electron chi connectivity index (χ4n) is 2.85. The number of allylic oxidation sites excluding steroid dienone is 1. The Morgan fingerprint density at radius 3 is 2.58 bits per heavy atom. The maximum atomic E-state index is 12.7. The fraction of sp³-hybridized carbons (Fsp3) is 0.250. The van der Waals surface area contributed by atoms with Crippen LogP contribution < -0.4 is 0 Å². The molecular formula is C20H20ClNO2. The van der Waals surface area contributed by atoms with Crippen LogP contribution in [0.3, 0.4) is 0 Å². The van der Waals surface area contributed by atoms with Crippen LogP contribution in [0.2, 0.25) is 5.02 Å². The number of hydrogen-bond acceptors (Lipinski definition) is 2. The van der Waals surface area contributed by atoms with Gasteiger partial charge in [0, 0.05) is 17.1 Å². The predicted molar refractivity (Wildman–Crippen MR) is 96.4 cm³/mol. The zero-order valence-corrected chi connectivity index (χ0v) is 14.2. The highest BCUT2D eigenvalue weighted by Crippen LogP contribution is 2.24. The smallest absolute Gasteiger partial charge is 0.254 e. The van der Waals surface area contributed by atoms with Crippen LogP contribution in [0.5, 0.6) is 0 Å². The van der Waals surface area contributed by atoms with Crippen molar-refractivity contribution in [1.29, 1.82) is 0 Å². The molecule has 124 valence electrons. The van der Waals surface area contributed by atoms with E-state index in [1.54, 1.807) is 0 Å². The Morgan fingerprint density at radius 2 is 1.92 bits per heavy atom. The second-order valence-corrected chi connectivity index (χ2v) is 6.29. The molecule has 0 bridgehead atoms. The van der Waals surface area contributed by atoms with E-state index in [0.29, 0.717) is 30.3 Å². The molecule has 1 amide bonds. The number of carbonyl (C=O) groups is 1. The van der Waals surface area contributed by atoms with Crippen molar-refractivity contribution in [2.45, 2.75) is 12.5 Å². The maximum Gasteiger partial charge on any atom is 0.254 e. The molecule has 4 heteroatoms. The van der Waals surface area contributed by atoms with E-state index >= 15 is 0 Å². The van der Waals surface area contributed by atoms with Crippen LogP contribution in [0.1, 0.15) is 27.6 Å². The molecule has 3 rings (SSSR count). The zero-order chi connectivity index (χ0) is 16.9. The first-order valence-electron chi connectivity index (χ1n) is 8.03. The Balaban J connectivity index is 1.70. The van der Waals surface area contributed by atoms with Gasteiger partial charge in [-0.2, -0.15) is 0 Å². The summed E-state index contributed by atoms with van der Waals surface area (Å²) in [5.41, 5.74) is 2.90. The molecule has 2 aromatic carbocycles. The van der Waals surface area contributed by atoms with Crippen LogP contribution in [0.4, 0.5) is 0 Å². The lowest BCUT2D eigenvalue weighted by molar-refractivity contribution is -0.0228. The van der Waals surface area contributed by atoms with E-state index < -0.39 is 0 Å². The molecule has 0 radical (unpaired) electrons.